The zero-order valence-electron chi connectivity index (χ0n) is 8.03. The molecule has 1 rings (SSSR count). The summed E-state index contributed by atoms with van der Waals surface area (Å²) < 4.78 is 0. The Morgan fingerprint density at radius 3 is 3.00 bits per heavy atom. The average molecular weight is 197 g/mol. The molecule has 0 fully saturated rings. The Morgan fingerprint density at radius 2 is 2.38 bits per heavy atom. The van der Waals surface area contributed by atoms with E-state index in [4.69, 9.17) is 0 Å². The number of rotatable bonds is 5. The number of nitrogens with zero attached hydrogens (tertiary/aromatic N) is 2. The van der Waals surface area contributed by atoms with Gasteiger partial charge in [-0.2, -0.15) is 0 Å². The standard InChI is InChI=1S/C9H15N3S/c1-8(5-10-2)7-13-9-6-11-3-4-12-9/h3-4,6,8,10H,5,7H2,1-2H3. The molecule has 0 aliphatic carbocycles. The van der Waals surface area contributed by atoms with E-state index in [2.05, 4.69) is 22.2 Å². The summed E-state index contributed by atoms with van der Waals surface area (Å²) in [5.41, 5.74) is 0. The van der Waals surface area contributed by atoms with Crippen molar-refractivity contribution < 1.29 is 0 Å². The van der Waals surface area contributed by atoms with Crippen LogP contribution in [0.3, 0.4) is 0 Å². The van der Waals surface area contributed by atoms with Gasteiger partial charge in [-0.3, -0.25) is 4.98 Å². The average Bonchev–Trinajstić information content (AvgIpc) is 2.17. The van der Waals surface area contributed by atoms with Gasteiger partial charge >= 0.3 is 0 Å². The zero-order chi connectivity index (χ0) is 9.52. The fourth-order valence-electron chi connectivity index (χ4n) is 0.995. The van der Waals surface area contributed by atoms with Crippen LogP contribution in [0.2, 0.25) is 0 Å². The van der Waals surface area contributed by atoms with Crippen LogP contribution in [-0.2, 0) is 0 Å². The highest BCUT2D eigenvalue weighted by molar-refractivity contribution is 7.99. The van der Waals surface area contributed by atoms with Crippen molar-refractivity contribution in [2.45, 2.75) is 11.9 Å². The van der Waals surface area contributed by atoms with Crippen LogP contribution in [0.4, 0.5) is 0 Å². The Kier molecular flexibility index (Phi) is 4.78. The quantitative estimate of drug-likeness (QED) is 0.725. The van der Waals surface area contributed by atoms with Crippen molar-refractivity contribution in [2.24, 2.45) is 5.92 Å². The fourth-order valence-corrected chi connectivity index (χ4v) is 1.84. The molecule has 1 aromatic rings. The number of hydrogen-bond acceptors (Lipinski definition) is 4. The molecular weight excluding hydrogens is 182 g/mol. The topological polar surface area (TPSA) is 37.8 Å². The van der Waals surface area contributed by atoms with Gasteiger partial charge in [-0.15, -0.1) is 11.8 Å². The van der Waals surface area contributed by atoms with Gasteiger partial charge in [0, 0.05) is 18.1 Å². The number of nitrogens with one attached hydrogen (secondary N) is 1. The third kappa shape index (κ3) is 4.24. The first-order chi connectivity index (χ1) is 6.33. The van der Waals surface area contributed by atoms with E-state index in [-0.39, 0.29) is 0 Å². The van der Waals surface area contributed by atoms with Gasteiger partial charge < -0.3 is 5.32 Å². The summed E-state index contributed by atoms with van der Waals surface area (Å²) in [6, 6.07) is 0. The summed E-state index contributed by atoms with van der Waals surface area (Å²) in [4.78, 5) is 8.20. The molecule has 0 spiro atoms. The Balaban J connectivity index is 2.27. The molecule has 0 aromatic carbocycles. The SMILES string of the molecule is CNCC(C)CSc1cnccn1. The van der Waals surface area contributed by atoms with Crippen molar-refractivity contribution in [3.63, 3.8) is 0 Å². The second-order valence-electron chi connectivity index (χ2n) is 3.02. The molecule has 3 nitrogen and oxygen atoms in total. The van der Waals surface area contributed by atoms with Crippen molar-refractivity contribution in [1.82, 2.24) is 15.3 Å². The molecule has 0 radical (unpaired) electrons. The van der Waals surface area contributed by atoms with Gasteiger partial charge in [0.15, 0.2) is 0 Å². The molecule has 1 aromatic heterocycles. The van der Waals surface area contributed by atoms with Gasteiger partial charge in [0.2, 0.25) is 0 Å². The van der Waals surface area contributed by atoms with Crippen molar-refractivity contribution in [3.05, 3.63) is 18.6 Å². The molecular formula is C9H15N3S. The summed E-state index contributed by atoms with van der Waals surface area (Å²) in [5.74, 6) is 1.75. The molecule has 0 amide bonds. The summed E-state index contributed by atoms with van der Waals surface area (Å²) >= 11 is 1.75. The third-order valence-corrected chi connectivity index (χ3v) is 2.85. The van der Waals surface area contributed by atoms with Crippen LogP contribution in [-0.4, -0.2) is 29.3 Å². The lowest BCUT2D eigenvalue weighted by Gasteiger charge is -2.08. The summed E-state index contributed by atoms with van der Waals surface area (Å²) in [6.07, 6.45) is 5.23. The first kappa shape index (κ1) is 10.5. The number of thioether (sulfide) groups is 1. The summed E-state index contributed by atoms with van der Waals surface area (Å²) in [5, 5.41) is 4.16. The molecule has 1 N–H and O–H groups in total. The highest BCUT2D eigenvalue weighted by Gasteiger charge is 2.01. The molecule has 0 aliphatic rings. The molecule has 1 unspecified atom stereocenters. The van der Waals surface area contributed by atoms with Crippen molar-refractivity contribution in [2.75, 3.05) is 19.3 Å². The van der Waals surface area contributed by atoms with E-state index in [1.165, 1.54) is 0 Å². The van der Waals surface area contributed by atoms with E-state index in [9.17, 15) is 0 Å². The molecule has 0 saturated carbocycles. The molecule has 1 atom stereocenters. The van der Waals surface area contributed by atoms with Gasteiger partial charge in [-0.25, -0.2) is 4.98 Å². The Morgan fingerprint density at radius 1 is 1.54 bits per heavy atom. The van der Waals surface area contributed by atoms with Crippen LogP contribution in [0.15, 0.2) is 23.6 Å². The summed E-state index contributed by atoms with van der Waals surface area (Å²) in [7, 11) is 1.98. The van der Waals surface area contributed by atoms with E-state index in [0.29, 0.717) is 5.92 Å². The second-order valence-corrected chi connectivity index (χ2v) is 4.06. The van der Waals surface area contributed by atoms with E-state index < -0.39 is 0 Å². The van der Waals surface area contributed by atoms with Crippen molar-refractivity contribution in [3.8, 4) is 0 Å². The van der Waals surface area contributed by atoms with Crippen LogP contribution in [0.5, 0.6) is 0 Å². The Bertz CT molecular complexity index is 228. The lowest BCUT2D eigenvalue weighted by Crippen LogP contribution is -2.17. The molecule has 1 heterocycles. The third-order valence-electron chi connectivity index (χ3n) is 1.61. The van der Waals surface area contributed by atoms with Crippen LogP contribution in [0.25, 0.3) is 0 Å². The van der Waals surface area contributed by atoms with Gasteiger partial charge in [-0.1, -0.05) is 6.92 Å². The molecule has 13 heavy (non-hydrogen) atoms. The molecule has 0 saturated heterocycles. The number of aromatic nitrogens is 2. The van der Waals surface area contributed by atoms with E-state index in [0.717, 1.165) is 17.3 Å². The Hall–Kier alpha value is -0.610. The predicted octanol–water partition coefficient (Wildman–Crippen LogP) is 1.42. The van der Waals surface area contributed by atoms with Crippen LogP contribution in [0.1, 0.15) is 6.92 Å². The number of hydrogen-bond donors (Lipinski definition) is 1. The normalized spacial score (nSPS) is 12.8. The maximum atomic E-state index is 4.19. The lowest BCUT2D eigenvalue weighted by atomic mass is 10.2. The van der Waals surface area contributed by atoms with Gasteiger partial charge in [0.25, 0.3) is 0 Å². The minimum absolute atomic E-state index is 0.664. The monoisotopic (exact) mass is 197 g/mol. The van der Waals surface area contributed by atoms with E-state index >= 15 is 0 Å². The first-order valence-electron chi connectivity index (χ1n) is 4.36. The van der Waals surface area contributed by atoms with Crippen LogP contribution in [0, 0.1) is 5.92 Å². The highest BCUT2D eigenvalue weighted by atomic mass is 32.2. The first-order valence-corrected chi connectivity index (χ1v) is 5.35. The van der Waals surface area contributed by atoms with Crippen molar-refractivity contribution >= 4 is 11.8 Å². The largest absolute Gasteiger partial charge is 0.319 e. The fraction of sp³-hybridized carbons (Fsp3) is 0.556. The van der Waals surface area contributed by atoms with Crippen LogP contribution >= 0.6 is 11.8 Å². The Labute approximate surface area is 83.4 Å². The van der Waals surface area contributed by atoms with Crippen LogP contribution < -0.4 is 5.32 Å². The predicted molar refractivity (Wildman–Crippen MR) is 55.8 cm³/mol. The smallest absolute Gasteiger partial charge is 0.114 e. The van der Waals surface area contributed by atoms with Gasteiger partial charge in [-0.05, 0) is 19.5 Å². The van der Waals surface area contributed by atoms with E-state index in [1.807, 2.05) is 7.05 Å². The molecule has 4 heteroatoms. The van der Waals surface area contributed by atoms with E-state index in [1.54, 1.807) is 30.4 Å². The van der Waals surface area contributed by atoms with Gasteiger partial charge in [0.05, 0.1) is 6.20 Å². The maximum absolute atomic E-state index is 4.19. The molecule has 0 aliphatic heterocycles. The zero-order valence-corrected chi connectivity index (χ0v) is 8.84. The summed E-state index contributed by atoms with van der Waals surface area (Å²) in [6.45, 7) is 3.27. The highest BCUT2D eigenvalue weighted by Crippen LogP contribution is 2.16. The maximum Gasteiger partial charge on any atom is 0.114 e. The van der Waals surface area contributed by atoms with Gasteiger partial charge in [0.1, 0.15) is 5.03 Å². The molecule has 72 valence electrons. The molecule has 0 bridgehead atoms. The minimum atomic E-state index is 0.664. The minimum Gasteiger partial charge on any atom is -0.319 e. The van der Waals surface area contributed by atoms with Crippen molar-refractivity contribution in [1.29, 1.82) is 0 Å². The lowest BCUT2D eigenvalue weighted by molar-refractivity contribution is 0.603. The second kappa shape index (κ2) is 5.94.